The van der Waals surface area contributed by atoms with Crippen LogP contribution in [0.3, 0.4) is 0 Å². The Morgan fingerprint density at radius 3 is 2.70 bits per heavy atom. The lowest BCUT2D eigenvalue weighted by Crippen LogP contribution is -2.37. The lowest BCUT2D eigenvalue weighted by molar-refractivity contribution is 0.215. The van der Waals surface area contributed by atoms with Crippen LogP contribution in [-0.2, 0) is 6.54 Å². The average Bonchev–Trinajstić information content (AvgIpc) is 3.18. The van der Waals surface area contributed by atoms with Gasteiger partial charge in [0.15, 0.2) is 5.96 Å². The van der Waals surface area contributed by atoms with Crippen molar-refractivity contribution in [2.75, 3.05) is 33.2 Å². The number of likely N-dealkylation sites (tertiary alicyclic amines) is 1. The molecule has 2 rings (SSSR count). The van der Waals surface area contributed by atoms with Crippen LogP contribution in [0.1, 0.15) is 57.1 Å². The van der Waals surface area contributed by atoms with Gasteiger partial charge in [-0.2, -0.15) is 0 Å². The molecule has 2 N–H and O–H groups in total. The largest absolute Gasteiger partial charge is 0.490 e. The van der Waals surface area contributed by atoms with Crippen LogP contribution in [-0.4, -0.2) is 50.2 Å². The van der Waals surface area contributed by atoms with Crippen LogP contribution in [0.4, 0.5) is 0 Å². The van der Waals surface area contributed by atoms with Crippen molar-refractivity contribution in [1.29, 1.82) is 0 Å². The van der Waals surface area contributed by atoms with Crippen molar-refractivity contribution >= 4 is 5.96 Å². The molecule has 0 bridgehead atoms. The Balaban J connectivity index is 1.74. The summed E-state index contributed by atoms with van der Waals surface area (Å²) >= 11 is 0. The summed E-state index contributed by atoms with van der Waals surface area (Å²) in [5, 5.41) is 6.84. The van der Waals surface area contributed by atoms with E-state index in [0.717, 1.165) is 30.2 Å². The Morgan fingerprint density at radius 2 is 2.00 bits per heavy atom. The van der Waals surface area contributed by atoms with Crippen LogP contribution in [0, 0.1) is 6.92 Å². The molecule has 152 valence electrons. The van der Waals surface area contributed by atoms with E-state index in [1.165, 1.54) is 50.9 Å². The van der Waals surface area contributed by atoms with Gasteiger partial charge in [-0.1, -0.05) is 19.1 Å². The van der Waals surface area contributed by atoms with E-state index in [9.17, 15) is 0 Å². The van der Waals surface area contributed by atoms with E-state index in [4.69, 9.17) is 4.74 Å². The summed E-state index contributed by atoms with van der Waals surface area (Å²) in [5.41, 5.74) is 2.38. The maximum Gasteiger partial charge on any atom is 0.191 e. The molecule has 1 aromatic rings. The first kappa shape index (κ1) is 21.5. The number of nitrogens with zero attached hydrogens (tertiary/aromatic N) is 2. The second kappa shape index (κ2) is 11.9. The molecule has 5 heteroatoms. The number of nitrogens with one attached hydrogen (secondary N) is 2. The molecule has 27 heavy (non-hydrogen) atoms. The predicted molar refractivity (Wildman–Crippen MR) is 115 cm³/mol. The van der Waals surface area contributed by atoms with Gasteiger partial charge >= 0.3 is 0 Å². The Kier molecular flexibility index (Phi) is 9.46. The van der Waals surface area contributed by atoms with Gasteiger partial charge < -0.3 is 20.3 Å². The fraction of sp³-hybridized carbons (Fsp3) is 0.682. The second-order valence-electron chi connectivity index (χ2n) is 7.56. The first-order valence-electron chi connectivity index (χ1n) is 10.6. The van der Waals surface area contributed by atoms with Gasteiger partial charge in [-0.25, -0.2) is 0 Å². The fourth-order valence-corrected chi connectivity index (χ4v) is 3.29. The first-order chi connectivity index (χ1) is 13.1. The molecule has 1 fully saturated rings. The summed E-state index contributed by atoms with van der Waals surface area (Å²) in [6, 6.07) is 6.40. The topological polar surface area (TPSA) is 48.9 Å². The van der Waals surface area contributed by atoms with E-state index in [2.05, 4.69) is 59.5 Å². The third kappa shape index (κ3) is 7.79. The standard InChI is InChI=1S/C22H38N4O/c1-5-19(3)27-21-16-18(2)10-11-20(21)17-25-22(23-4)24-12-6-7-13-26-14-8-9-15-26/h10-11,16,19H,5-9,12-15,17H2,1-4H3,(H2,23,24,25). The maximum atomic E-state index is 6.10. The number of aryl methyl sites for hydroxylation is 1. The molecule has 0 aliphatic carbocycles. The van der Waals surface area contributed by atoms with Crippen LogP contribution >= 0.6 is 0 Å². The van der Waals surface area contributed by atoms with E-state index in [0.29, 0.717) is 6.54 Å². The zero-order valence-corrected chi connectivity index (χ0v) is 17.7. The van der Waals surface area contributed by atoms with Crippen LogP contribution < -0.4 is 15.4 Å². The van der Waals surface area contributed by atoms with Crippen molar-refractivity contribution in [1.82, 2.24) is 15.5 Å². The van der Waals surface area contributed by atoms with Crippen molar-refractivity contribution in [2.45, 2.75) is 65.5 Å². The van der Waals surface area contributed by atoms with Gasteiger partial charge in [0.05, 0.1) is 6.10 Å². The molecule has 1 heterocycles. The average molecular weight is 375 g/mol. The van der Waals surface area contributed by atoms with Gasteiger partial charge in [-0.05, 0) is 77.2 Å². The summed E-state index contributed by atoms with van der Waals surface area (Å²) in [4.78, 5) is 6.92. The van der Waals surface area contributed by atoms with Crippen LogP contribution in [0.5, 0.6) is 5.75 Å². The Bertz CT molecular complexity index is 582. The molecule has 0 spiro atoms. The molecule has 0 amide bonds. The number of hydrogen-bond acceptors (Lipinski definition) is 3. The highest BCUT2D eigenvalue weighted by Crippen LogP contribution is 2.22. The highest BCUT2D eigenvalue weighted by atomic mass is 16.5. The third-order valence-electron chi connectivity index (χ3n) is 5.19. The molecule has 0 saturated carbocycles. The minimum absolute atomic E-state index is 0.221. The molecule has 1 aliphatic heterocycles. The molecule has 1 unspecified atom stereocenters. The van der Waals surface area contributed by atoms with Crippen molar-refractivity contribution in [3.63, 3.8) is 0 Å². The smallest absolute Gasteiger partial charge is 0.191 e. The fourth-order valence-electron chi connectivity index (χ4n) is 3.29. The van der Waals surface area contributed by atoms with E-state index < -0.39 is 0 Å². The minimum atomic E-state index is 0.221. The van der Waals surface area contributed by atoms with Gasteiger partial charge in [0, 0.05) is 25.7 Å². The summed E-state index contributed by atoms with van der Waals surface area (Å²) in [7, 11) is 1.82. The number of guanidine groups is 1. The van der Waals surface area contributed by atoms with Gasteiger partial charge in [-0.3, -0.25) is 4.99 Å². The van der Waals surface area contributed by atoms with E-state index in [1.54, 1.807) is 0 Å². The van der Waals surface area contributed by atoms with E-state index in [1.807, 2.05) is 7.05 Å². The molecule has 5 nitrogen and oxygen atoms in total. The van der Waals surface area contributed by atoms with Crippen molar-refractivity contribution in [3.05, 3.63) is 29.3 Å². The number of benzene rings is 1. The maximum absolute atomic E-state index is 6.10. The monoisotopic (exact) mass is 374 g/mol. The highest BCUT2D eigenvalue weighted by molar-refractivity contribution is 5.79. The molecular formula is C22H38N4O. The van der Waals surface area contributed by atoms with Crippen LogP contribution in [0.15, 0.2) is 23.2 Å². The molecule has 1 aliphatic rings. The lowest BCUT2D eigenvalue weighted by atomic mass is 10.1. The quantitative estimate of drug-likeness (QED) is 0.372. The number of ether oxygens (including phenoxy) is 1. The number of hydrogen-bond donors (Lipinski definition) is 2. The molecule has 1 saturated heterocycles. The molecule has 0 aromatic heterocycles. The Hall–Kier alpha value is -1.75. The third-order valence-corrected chi connectivity index (χ3v) is 5.19. The van der Waals surface area contributed by atoms with Crippen molar-refractivity contribution in [3.8, 4) is 5.75 Å². The lowest BCUT2D eigenvalue weighted by Gasteiger charge is -2.18. The van der Waals surface area contributed by atoms with Gasteiger partial charge in [0.25, 0.3) is 0 Å². The van der Waals surface area contributed by atoms with Crippen molar-refractivity contribution < 1.29 is 4.74 Å². The Labute approximate surface area is 165 Å². The number of aliphatic imine (C=N–C) groups is 1. The number of rotatable bonds is 10. The van der Waals surface area contributed by atoms with Crippen molar-refractivity contribution in [2.24, 2.45) is 4.99 Å². The number of unbranched alkanes of at least 4 members (excludes halogenated alkanes) is 1. The minimum Gasteiger partial charge on any atom is -0.490 e. The molecule has 0 radical (unpaired) electrons. The summed E-state index contributed by atoms with van der Waals surface area (Å²) < 4.78 is 6.10. The first-order valence-corrected chi connectivity index (χ1v) is 10.6. The zero-order valence-electron chi connectivity index (χ0n) is 17.7. The van der Waals surface area contributed by atoms with Gasteiger partial charge in [0.2, 0.25) is 0 Å². The summed E-state index contributed by atoms with van der Waals surface area (Å²) in [6.45, 7) is 11.8. The molecule has 1 atom stereocenters. The SMILES string of the molecule is CCC(C)Oc1cc(C)ccc1CNC(=NC)NCCCCN1CCCC1. The zero-order chi connectivity index (χ0) is 19.5. The Morgan fingerprint density at radius 1 is 1.22 bits per heavy atom. The summed E-state index contributed by atoms with van der Waals surface area (Å²) in [5.74, 6) is 1.82. The van der Waals surface area contributed by atoms with Crippen LogP contribution in [0.2, 0.25) is 0 Å². The van der Waals surface area contributed by atoms with Crippen LogP contribution in [0.25, 0.3) is 0 Å². The van der Waals surface area contributed by atoms with E-state index in [-0.39, 0.29) is 6.10 Å². The molecule has 1 aromatic carbocycles. The predicted octanol–water partition coefficient (Wildman–Crippen LogP) is 3.71. The second-order valence-corrected chi connectivity index (χ2v) is 7.56. The molecular weight excluding hydrogens is 336 g/mol. The normalized spacial score (nSPS) is 16.4. The highest BCUT2D eigenvalue weighted by Gasteiger charge is 2.11. The van der Waals surface area contributed by atoms with Gasteiger partial charge in [-0.15, -0.1) is 0 Å². The van der Waals surface area contributed by atoms with Gasteiger partial charge in [0.1, 0.15) is 5.75 Å². The summed E-state index contributed by atoms with van der Waals surface area (Å²) in [6.07, 6.45) is 6.38. The van der Waals surface area contributed by atoms with E-state index >= 15 is 0 Å².